The lowest BCUT2D eigenvalue weighted by Crippen LogP contribution is -2.63. The SMILES string of the molecule is CCCC1(O)CN(S(=O)(=O)c2ccc(CC(C)C)cc2)C1. The maximum atomic E-state index is 12.5. The lowest BCUT2D eigenvalue weighted by molar-refractivity contribution is -0.0653. The Kier molecular flexibility index (Phi) is 4.76. The number of rotatable bonds is 6. The fourth-order valence-electron chi connectivity index (χ4n) is 2.82. The van der Waals surface area contributed by atoms with E-state index in [9.17, 15) is 13.5 Å². The summed E-state index contributed by atoms with van der Waals surface area (Å²) in [5, 5.41) is 10.1. The third-order valence-corrected chi connectivity index (χ3v) is 5.67. The maximum Gasteiger partial charge on any atom is 0.243 e. The molecule has 0 atom stereocenters. The topological polar surface area (TPSA) is 57.6 Å². The van der Waals surface area contributed by atoms with Crippen molar-refractivity contribution < 1.29 is 13.5 Å². The van der Waals surface area contributed by atoms with Crippen LogP contribution < -0.4 is 0 Å². The van der Waals surface area contributed by atoms with E-state index in [4.69, 9.17) is 0 Å². The van der Waals surface area contributed by atoms with Gasteiger partial charge in [-0.15, -0.1) is 0 Å². The molecule has 5 heteroatoms. The molecule has 0 amide bonds. The highest BCUT2D eigenvalue weighted by molar-refractivity contribution is 7.89. The molecule has 0 aliphatic carbocycles. The summed E-state index contributed by atoms with van der Waals surface area (Å²) < 4.78 is 26.3. The van der Waals surface area contributed by atoms with E-state index in [0.717, 1.165) is 18.4 Å². The third kappa shape index (κ3) is 3.65. The average Bonchev–Trinajstić information content (AvgIpc) is 2.36. The molecule has 21 heavy (non-hydrogen) atoms. The first-order valence-electron chi connectivity index (χ1n) is 7.58. The van der Waals surface area contributed by atoms with E-state index in [0.29, 0.717) is 17.2 Å². The van der Waals surface area contributed by atoms with E-state index in [2.05, 4.69) is 13.8 Å². The summed E-state index contributed by atoms with van der Waals surface area (Å²) in [7, 11) is -3.46. The number of nitrogens with zero attached hydrogens (tertiary/aromatic N) is 1. The highest BCUT2D eigenvalue weighted by atomic mass is 32.2. The molecule has 1 N–H and O–H groups in total. The van der Waals surface area contributed by atoms with Crippen LogP contribution in [-0.4, -0.2) is 36.5 Å². The monoisotopic (exact) mass is 311 g/mol. The lowest BCUT2D eigenvalue weighted by Gasteiger charge is -2.45. The van der Waals surface area contributed by atoms with Crippen LogP contribution in [0.4, 0.5) is 0 Å². The molecule has 1 fully saturated rings. The molecule has 1 aromatic rings. The van der Waals surface area contributed by atoms with Crippen LogP contribution in [0.25, 0.3) is 0 Å². The summed E-state index contributed by atoms with van der Waals surface area (Å²) >= 11 is 0. The molecule has 0 aromatic heterocycles. The Morgan fingerprint density at radius 1 is 1.24 bits per heavy atom. The molecule has 0 spiro atoms. The summed E-state index contributed by atoms with van der Waals surface area (Å²) in [5.74, 6) is 0.548. The molecule has 4 nitrogen and oxygen atoms in total. The molecule has 1 aliphatic heterocycles. The molecule has 1 aliphatic rings. The number of β-amino-alcohol motifs (C(OH)–C–C–N with tert-alkyl or cyclic N) is 1. The number of aliphatic hydroxyl groups is 1. The minimum atomic E-state index is -3.46. The van der Waals surface area contributed by atoms with Crippen LogP contribution in [-0.2, 0) is 16.4 Å². The second-order valence-corrected chi connectivity index (χ2v) is 8.43. The van der Waals surface area contributed by atoms with E-state index in [-0.39, 0.29) is 13.1 Å². The normalized spacial score (nSPS) is 18.7. The van der Waals surface area contributed by atoms with Gasteiger partial charge in [0.15, 0.2) is 0 Å². The van der Waals surface area contributed by atoms with Crippen molar-refractivity contribution in [3.8, 4) is 0 Å². The van der Waals surface area contributed by atoms with Crippen molar-refractivity contribution in [2.24, 2.45) is 5.92 Å². The lowest BCUT2D eigenvalue weighted by atomic mass is 9.92. The standard InChI is InChI=1S/C16H25NO3S/c1-4-9-16(18)11-17(12-16)21(19,20)15-7-5-14(6-8-15)10-13(2)3/h5-8,13,18H,4,9-12H2,1-3H3. The highest BCUT2D eigenvalue weighted by Crippen LogP contribution is 2.31. The number of benzene rings is 1. The molecule has 1 aromatic carbocycles. The molecular weight excluding hydrogens is 286 g/mol. The fraction of sp³-hybridized carbons (Fsp3) is 0.625. The summed E-state index contributed by atoms with van der Waals surface area (Å²) in [4.78, 5) is 0.313. The predicted molar refractivity (Wildman–Crippen MR) is 83.6 cm³/mol. The average molecular weight is 311 g/mol. The van der Waals surface area contributed by atoms with Crippen LogP contribution in [0.1, 0.15) is 39.2 Å². The molecule has 0 unspecified atom stereocenters. The molecule has 118 valence electrons. The Labute approximate surface area is 127 Å². The molecule has 1 heterocycles. The van der Waals surface area contributed by atoms with Gasteiger partial charge < -0.3 is 5.11 Å². The highest BCUT2D eigenvalue weighted by Gasteiger charge is 2.46. The quantitative estimate of drug-likeness (QED) is 0.878. The van der Waals surface area contributed by atoms with Crippen LogP contribution in [0.15, 0.2) is 29.2 Å². The van der Waals surface area contributed by atoms with Crippen LogP contribution in [0.2, 0.25) is 0 Å². The number of sulfonamides is 1. The van der Waals surface area contributed by atoms with E-state index in [1.165, 1.54) is 4.31 Å². The van der Waals surface area contributed by atoms with Gasteiger partial charge in [-0.25, -0.2) is 8.42 Å². The molecule has 2 rings (SSSR count). The molecule has 0 bridgehead atoms. The number of hydrogen-bond acceptors (Lipinski definition) is 3. The summed E-state index contributed by atoms with van der Waals surface area (Å²) in [5.41, 5.74) is 0.314. The van der Waals surface area contributed by atoms with Gasteiger partial charge >= 0.3 is 0 Å². The second-order valence-electron chi connectivity index (χ2n) is 6.49. The van der Waals surface area contributed by atoms with E-state index in [1.807, 2.05) is 19.1 Å². The maximum absolute atomic E-state index is 12.5. The smallest absolute Gasteiger partial charge is 0.243 e. The van der Waals surface area contributed by atoms with Gasteiger partial charge in [-0.05, 0) is 36.5 Å². The van der Waals surface area contributed by atoms with Crippen LogP contribution in [0.3, 0.4) is 0 Å². The Bertz CT molecular complexity index is 572. The van der Waals surface area contributed by atoms with Gasteiger partial charge in [0, 0.05) is 13.1 Å². The van der Waals surface area contributed by atoms with Gasteiger partial charge in [0.2, 0.25) is 10.0 Å². The summed E-state index contributed by atoms with van der Waals surface area (Å²) in [6.45, 7) is 6.68. The van der Waals surface area contributed by atoms with E-state index >= 15 is 0 Å². The molecular formula is C16H25NO3S. The van der Waals surface area contributed by atoms with E-state index < -0.39 is 15.6 Å². The Morgan fingerprint density at radius 3 is 2.29 bits per heavy atom. The van der Waals surface area contributed by atoms with Gasteiger partial charge in [0.25, 0.3) is 0 Å². The van der Waals surface area contributed by atoms with Crippen molar-refractivity contribution in [3.63, 3.8) is 0 Å². The minimum Gasteiger partial charge on any atom is -0.387 e. The summed E-state index contributed by atoms with van der Waals surface area (Å²) in [6.07, 6.45) is 2.45. The van der Waals surface area contributed by atoms with Crippen molar-refractivity contribution in [2.45, 2.75) is 50.5 Å². The zero-order valence-electron chi connectivity index (χ0n) is 13.0. The molecule has 0 saturated carbocycles. The van der Waals surface area contributed by atoms with Gasteiger partial charge in [0.1, 0.15) is 0 Å². The van der Waals surface area contributed by atoms with Crippen molar-refractivity contribution in [1.82, 2.24) is 4.31 Å². The zero-order valence-corrected chi connectivity index (χ0v) is 13.9. The van der Waals surface area contributed by atoms with Crippen molar-refractivity contribution in [2.75, 3.05) is 13.1 Å². The van der Waals surface area contributed by atoms with Gasteiger partial charge in [0.05, 0.1) is 10.5 Å². The van der Waals surface area contributed by atoms with Gasteiger partial charge in [-0.1, -0.05) is 39.3 Å². The summed E-state index contributed by atoms with van der Waals surface area (Å²) in [6, 6.07) is 7.10. The third-order valence-electron chi connectivity index (χ3n) is 3.86. The first kappa shape index (κ1) is 16.5. The second kappa shape index (κ2) is 6.07. The Morgan fingerprint density at radius 2 is 1.81 bits per heavy atom. The largest absolute Gasteiger partial charge is 0.387 e. The van der Waals surface area contributed by atoms with Crippen molar-refractivity contribution in [1.29, 1.82) is 0 Å². The van der Waals surface area contributed by atoms with Crippen molar-refractivity contribution in [3.05, 3.63) is 29.8 Å². The van der Waals surface area contributed by atoms with Crippen LogP contribution in [0, 0.1) is 5.92 Å². The fourth-order valence-corrected chi connectivity index (χ4v) is 4.42. The Balaban J connectivity index is 2.07. The first-order chi connectivity index (χ1) is 9.77. The van der Waals surface area contributed by atoms with Gasteiger partial charge in [-0.3, -0.25) is 0 Å². The predicted octanol–water partition coefficient (Wildman–Crippen LogP) is 2.42. The van der Waals surface area contributed by atoms with Crippen LogP contribution >= 0.6 is 0 Å². The molecule has 0 radical (unpaired) electrons. The molecule has 1 saturated heterocycles. The minimum absolute atomic E-state index is 0.205. The van der Waals surface area contributed by atoms with Crippen molar-refractivity contribution >= 4 is 10.0 Å². The van der Waals surface area contributed by atoms with Gasteiger partial charge in [-0.2, -0.15) is 4.31 Å². The van der Waals surface area contributed by atoms with E-state index in [1.54, 1.807) is 12.1 Å². The number of hydrogen-bond donors (Lipinski definition) is 1. The first-order valence-corrected chi connectivity index (χ1v) is 9.02. The van der Waals surface area contributed by atoms with Crippen LogP contribution in [0.5, 0.6) is 0 Å². The zero-order chi connectivity index (χ0) is 15.7. The Hall–Kier alpha value is -0.910.